The van der Waals surface area contributed by atoms with Crippen LogP contribution in [0, 0.1) is 5.92 Å². The topological polar surface area (TPSA) is 57.5 Å². The Kier molecular flexibility index (Phi) is 4.05. The van der Waals surface area contributed by atoms with Gasteiger partial charge in [-0.05, 0) is 5.92 Å². The Hall–Kier alpha value is -0.570. The molecule has 0 saturated heterocycles. The van der Waals surface area contributed by atoms with E-state index < -0.39 is 5.97 Å². The lowest BCUT2D eigenvalue weighted by Crippen LogP contribution is -2.10. The first-order valence-corrected chi connectivity index (χ1v) is 3.03. The normalized spacial score (nSPS) is 13.1. The molecular weight excluding hydrogens is 120 g/mol. The van der Waals surface area contributed by atoms with Crippen LogP contribution >= 0.6 is 0 Å². The second kappa shape index (κ2) is 4.32. The predicted molar refractivity (Wildman–Crippen MR) is 33.1 cm³/mol. The van der Waals surface area contributed by atoms with Gasteiger partial charge in [-0.1, -0.05) is 13.3 Å². The summed E-state index contributed by atoms with van der Waals surface area (Å²) in [5.74, 6) is -0.904. The Morgan fingerprint density at radius 2 is 2.22 bits per heavy atom. The van der Waals surface area contributed by atoms with E-state index in [9.17, 15) is 4.79 Å². The van der Waals surface area contributed by atoms with Crippen LogP contribution in [0.3, 0.4) is 0 Å². The van der Waals surface area contributed by atoms with E-state index in [1.165, 1.54) is 0 Å². The number of carbonyl (C=O) groups is 1. The summed E-state index contributed by atoms with van der Waals surface area (Å²) in [6.45, 7) is 1.84. The van der Waals surface area contributed by atoms with Crippen LogP contribution in [0.15, 0.2) is 0 Å². The highest BCUT2D eigenvalue weighted by molar-refractivity contribution is 5.66. The standard InChI is InChI=1S/C6H12O3/c1-2-5(4-7)3-6(8)9/h5,7H,2-4H2,1H3,(H,8,9)/t5-/m1/s1. The van der Waals surface area contributed by atoms with Gasteiger partial charge in [0.2, 0.25) is 0 Å². The first-order valence-electron chi connectivity index (χ1n) is 3.03. The van der Waals surface area contributed by atoms with Crippen molar-refractivity contribution in [2.75, 3.05) is 6.61 Å². The minimum absolute atomic E-state index is 0.0250. The zero-order valence-electron chi connectivity index (χ0n) is 5.50. The van der Waals surface area contributed by atoms with Gasteiger partial charge in [0.05, 0.1) is 6.42 Å². The molecule has 0 radical (unpaired) electrons. The molecule has 3 heteroatoms. The Morgan fingerprint density at radius 1 is 1.67 bits per heavy atom. The first-order chi connectivity index (χ1) is 4.20. The fourth-order valence-electron chi connectivity index (χ4n) is 0.585. The van der Waals surface area contributed by atoms with Crippen molar-refractivity contribution in [3.05, 3.63) is 0 Å². The lowest BCUT2D eigenvalue weighted by Gasteiger charge is -2.05. The number of carboxylic acids is 1. The van der Waals surface area contributed by atoms with Gasteiger partial charge < -0.3 is 10.2 Å². The number of hydrogen-bond acceptors (Lipinski definition) is 2. The van der Waals surface area contributed by atoms with Crippen molar-refractivity contribution >= 4 is 5.97 Å². The molecule has 54 valence electrons. The number of aliphatic carboxylic acids is 1. The Morgan fingerprint density at radius 3 is 2.33 bits per heavy atom. The molecule has 0 amide bonds. The van der Waals surface area contributed by atoms with Crippen LogP contribution in [0.5, 0.6) is 0 Å². The van der Waals surface area contributed by atoms with Gasteiger partial charge in [0.15, 0.2) is 0 Å². The predicted octanol–water partition coefficient (Wildman–Crippen LogP) is 0.480. The number of aliphatic hydroxyl groups excluding tert-OH is 1. The van der Waals surface area contributed by atoms with Crippen LogP contribution in [0.2, 0.25) is 0 Å². The Labute approximate surface area is 54.3 Å². The molecule has 1 atom stereocenters. The quantitative estimate of drug-likeness (QED) is 0.585. The summed E-state index contributed by atoms with van der Waals surface area (Å²) in [5, 5.41) is 16.7. The lowest BCUT2D eigenvalue weighted by molar-refractivity contribution is -0.138. The third kappa shape index (κ3) is 3.97. The maximum absolute atomic E-state index is 10.0. The van der Waals surface area contributed by atoms with Crippen LogP contribution in [0.25, 0.3) is 0 Å². The van der Waals surface area contributed by atoms with Crippen molar-refractivity contribution in [1.82, 2.24) is 0 Å². The fraction of sp³-hybridized carbons (Fsp3) is 0.833. The van der Waals surface area contributed by atoms with E-state index in [-0.39, 0.29) is 18.9 Å². The molecule has 0 aliphatic carbocycles. The third-order valence-corrected chi connectivity index (χ3v) is 1.30. The number of hydrogen-bond donors (Lipinski definition) is 2. The molecule has 0 rings (SSSR count). The highest BCUT2D eigenvalue weighted by Gasteiger charge is 2.08. The zero-order valence-corrected chi connectivity index (χ0v) is 5.50. The molecule has 0 spiro atoms. The summed E-state index contributed by atoms with van der Waals surface area (Å²) in [4.78, 5) is 10.0. The summed E-state index contributed by atoms with van der Waals surface area (Å²) >= 11 is 0. The maximum atomic E-state index is 10.0. The van der Waals surface area contributed by atoms with E-state index in [2.05, 4.69) is 0 Å². The molecule has 0 heterocycles. The lowest BCUT2D eigenvalue weighted by atomic mass is 10.0. The van der Waals surface area contributed by atoms with Crippen molar-refractivity contribution in [2.45, 2.75) is 19.8 Å². The molecule has 0 bridgehead atoms. The molecule has 0 saturated carbocycles. The first kappa shape index (κ1) is 8.43. The molecule has 0 aromatic carbocycles. The summed E-state index contributed by atoms with van der Waals surface area (Å²) in [7, 11) is 0. The van der Waals surface area contributed by atoms with Crippen LogP contribution < -0.4 is 0 Å². The van der Waals surface area contributed by atoms with Gasteiger partial charge >= 0.3 is 5.97 Å². The molecule has 3 nitrogen and oxygen atoms in total. The van der Waals surface area contributed by atoms with Crippen LogP contribution in [-0.4, -0.2) is 22.8 Å². The number of aliphatic hydroxyl groups is 1. The van der Waals surface area contributed by atoms with E-state index in [1.54, 1.807) is 0 Å². The van der Waals surface area contributed by atoms with Gasteiger partial charge in [-0.15, -0.1) is 0 Å². The average Bonchev–Trinajstić information content (AvgIpc) is 1.82. The maximum Gasteiger partial charge on any atom is 0.303 e. The van der Waals surface area contributed by atoms with Gasteiger partial charge in [0.25, 0.3) is 0 Å². The SMILES string of the molecule is CC[C@@H](CO)CC(=O)O. The van der Waals surface area contributed by atoms with Crippen molar-refractivity contribution in [3.8, 4) is 0 Å². The molecule has 0 unspecified atom stereocenters. The summed E-state index contributed by atoms with van der Waals surface area (Å²) in [6, 6.07) is 0. The minimum atomic E-state index is -0.837. The molecule has 2 N–H and O–H groups in total. The highest BCUT2D eigenvalue weighted by Crippen LogP contribution is 2.05. The molecule has 0 aliphatic rings. The van der Waals surface area contributed by atoms with Crippen molar-refractivity contribution < 1.29 is 15.0 Å². The summed E-state index contributed by atoms with van der Waals surface area (Å²) in [6.07, 6.45) is 0.801. The van der Waals surface area contributed by atoms with Crippen molar-refractivity contribution in [1.29, 1.82) is 0 Å². The zero-order chi connectivity index (χ0) is 7.28. The number of carboxylic acid groups (broad SMARTS) is 1. The largest absolute Gasteiger partial charge is 0.481 e. The van der Waals surface area contributed by atoms with E-state index >= 15 is 0 Å². The van der Waals surface area contributed by atoms with Gasteiger partial charge in [0, 0.05) is 6.61 Å². The van der Waals surface area contributed by atoms with Crippen molar-refractivity contribution in [2.24, 2.45) is 5.92 Å². The molecule has 0 aromatic heterocycles. The van der Waals surface area contributed by atoms with Crippen molar-refractivity contribution in [3.63, 3.8) is 0 Å². The fourth-order valence-corrected chi connectivity index (χ4v) is 0.585. The van der Waals surface area contributed by atoms with Crippen LogP contribution in [0.1, 0.15) is 19.8 Å². The molecule has 0 fully saturated rings. The monoisotopic (exact) mass is 132 g/mol. The number of rotatable bonds is 4. The van der Waals surface area contributed by atoms with E-state index in [1.807, 2.05) is 6.92 Å². The summed E-state index contributed by atoms with van der Waals surface area (Å²) in [5.41, 5.74) is 0. The molecule has 0 aliphatic heterocycles. The van der Waals surface area contributed by atoms with E-state index in [0.29, 0.717) is 0 Å². The highest BCUT2D eigenvalue weighted by atomic mass is 16.4. The second-order valence-electron chi connectivity index (χ2n) is 2.05. The molecule has 9 heavy (non-hydrogen) atoms. The third-order valence-electron chi connectivity index (χ3n) is 1.30. The van der Waals surface area contributed by atoms with E-state index in [0.717, 1.165) is 6.42 Å². The Balaban J connectivity index is 3.43. The average molecular weight is 132 g/mol. The van der Waals surface area contributed by atoms with Gasteiger partial charge in [0.1, 0.15) is 0 Å². The van der Waals surface area contributed by atoms with Crippen LogP contribution in [0.4, 0.5) is 0 Å². The molecular formula is C6H12O3. The Bertz CT molecular complexity index is 86.3. The van der Waals surface area contributed by atoms with E-state index in [4.69, 9.17) is 10.2 Å². The van der Waals surface area contributed by atoms with Gasteiger partial charge in [-0.3, -0.25) is 4.79 Å². The smallest absolute Gasteiger partial charge is 0.303 e. The van der Waals surface area contributed by atoms with Crippen LogP contribution in [-0.2, 0) is 4.79 Å². The second-order valence-corrected chi connectivity index (χ2v) is 2.05. The molecule has 0 aromatic rings. The van der Waals surface area contributed by atoms with Gasteiger partial charge in [-0.2, -0.15) is 0 Å². The summed E-state index contributed by atoms with van der Waals surface area (Å²) < 4.78 is 0. The minimum Gasteiger partial charge on any atom is -0.481 e. The van der Waals surface area contributed by atoms with Gasteiger partial charge in [-0.25, -0.2) is 0 Å².